The second-order valence-corrected chi connectivity index (χ2v) is 5.78. The normalized spacial score (nSPS) is 12.8. The van der Waals surface area contributed by atoms with E-state index in [1.165, 1.54) is 11.3 Å². The number of furan rings is 1. The highest BCUT2D eigenvalue weighted by molar-refractivity contribution is 9.10. The fraction of sp³-hybridized carbons (Fsp3) is 0.533. The molecule has 0 amide bonds. The molecule has 0 saturated heterocycles. The van der Waals surface area contributed by atoms with Crippen LogP contribution in [0.2, 0.25) is 0 Å². The van der Waals surface area contributed by atoms with Gasteiger partial charge in [-0.1, -0.05) is 13.8 Å². The molecule has 0 spiro atoms. The van der Waals surface area contributed by atoms with Gasteiger partial charge in [0.15, 0.2) is 0 Å². The molecular weight excluding hydrogens is 318 g/mol. The Labute approximate surface area is 128 Å². The first-order valence-electron chi connectivity index (χ1n) is 7.05. The largest absolute Gasteiger partial charge is 0.469 e. The second-order valence-electron chi connectivity index (χ2n) is 4.99. The van der Waals surface area contributed by atoms with Crippen molar-refractivity contribution in [1.29, 1.82) is 0 Å². The summed E-state index contributed by atoms with van der Waals surface area (Å²) in [5, 5.41) is 8.08. The van der Waals surface area contributed by atoms with Crippen LogP contribution < -0.4 is 5.32 Å². The minimum Gasteiger partial charge on any atom is -0.469 e. The standard InChI is InChI=1S/C15H22BrN3O/c1-5-12-15(16)14(19(4)18-12)8-13(17-6-2)11-7-10(3)20-9-11/h7,9,13,17H,5-6,8H2,1-4H3. The Morgan fingerprint density at radius 3 is 2.70 bits per heavy atom. The van der Waals surface area contributed by atoms with Crippen LogP contribution in [-0.4, -0.2) is 16.3 Å². The summed E-state index contributed by atoms with van der Waals surface area (Å²) in [5.41, 5.74) is 3.52. The number of nitrogens with zero attached hydrogens (tertiary/aromatic N) is 2. The molecule has 0 aliphatic rings. The van der Waals surface area contributed by atoms with Crippen LogP contribution in [0.5, 0.6) is 0 Å². The van der Waals surface area contributed by atoms with Crippen LogP contribution in [0.4, 0.5) is 0 Å². The van der Waals surface area contributed by atoms with Gasteiger partial charge in [-0.2, -0.15) is 5.10 Å². The topological polar surface area (TPSA) is 43.0 Å². The zero-order valence-corrected chi connectivity index (χ0v) is 14.1. The molecule has 4 nitrogen and oxygen atoms in total. The Balaban J connectivity index is 2.26. The molecule has 0 saturated carbocycles. The van der Waals surface area contributed by atoms with Crippen molar-refractivity contribution in [3.05, 3.63) is 39.5 Å². The van der Waals surface area contributed by atoms with E-state index < -0.39 is 0 Å². The predicted molar refractivity (Wildman–Crippen MR) is 83.9 cm³/mol. The number of halogens is 1. The molecule has 0 fully saturated rings. The molecule has 0 radical (unpaired) electrons. The molecule has 0 aliphatic heterocycles. The van der Waals surface area contributed by atoms with E-state index in [1.807, 2.05) is 24.9 Å². The van der Waals surface area contributed by atoms with Crippen molar-refractivity contribution >= 4 is 15.9 Å². The summed E-state index contributed by atoms with van der Waals surface area (Å²) in [7, 11) is 2.00. The van der Waals surface area contributed by atoms with Gasteiger partial charge in [-0.05, 0) is 41.9 Å². The van der Waals surface area contributed by atoms with Crippen molar-refractivity contribution in [3.8, 4) is 0 Å². The molecular formula is C15H22BrN3O. The average Bonchev–Trinajstić information content (AvgIpc) is 2.96. The van der Waals surface area contributed by atoms with Crippen LogP contribution in [-0.2, 0) is 19.9 Å². The van der Waals surface area contributed by atoms with Gasteiger partial charge in [-0.3, -0.25) is 4.68 Å². The summed E-state index contributed by atoms with van der Waals surface area (Å²) < 4.78 is 8.54. The van der Waals surface area contributed by atoms with Crippen LogP contribution in [0.3, 0.4) is 0 Å². The van der Waals surface area contributed by atoms with Gasteiger partial charge in [0.2, 0.25) is 0 Å². The number of hydrogen-bond donors (Lipinski definition) is 1. The fourth-order valence-corrected chi connectivity index (χ4v) is 3.21. The Morgan fingerprint density at radius 1 is 1.45 bits per heavy atom. The lowest BCUT2D eigenvalue weighted by Crippen LogP contribution is -2.23. The zero-order chi connectivity index (χ0) is 14.7. The van der Waals surface area contributed by atoms with Gasteiger partial charge < -0.3 is 9.73 Å². The van der Waals surface area contributed by atoms with E-state index in [0.717, 1.165) is 35.3 Å². The van der Waals surface area contributed by atoms with Crippen molar-refractivity contribution in [3.63, 3.8) is 0 Å². The third-order valence-corrected chi connectivity index (χ3v) is 4.42. The number of aromatic nitrogens is 2. The average molecular weight is 340 g/mol. The lowest BCUT2D eigenvalue weighted by atomic mass is 10.0. The Kier molecular flexibility index (Phi) is 5.05. The minimum absolute atomic E-state index is 0.244. The molecule has 5 heteroatoms. The molecule has 0 bridgehead atoms. The van der Waals surface area contributed by atoms with Crippen molar-refractivity contribution in [1.82, 2.24) is 15.1 Å². The van der Waals surface area contributed by atoms with Gasteiger partial charge in [-0.15, -0.1) is 0 Å². The molecule has 20 heavy (non-hydrogen) atoms. The Hall–Kier alpha value is -1.07. The fourth-order valence-electron chi connectivity index (χ4n) is 2.44. The zero-order valence-electron chi connectivity index (χ0n) is 12.5. The third kappa shape index (κ3) is 3.15. The van der Waals surface area contributed by atoms with Gasteiger partial charge in [0.05, 0.1) is 22.1 Å². The first kappa shape index (κ1) is 15.3. The van der Waals surface area contributed by atoms with E-state index in [9.17, 15) is 0 Å². The maximum absolute atomic E-state index is 5.44. The van der Waals surface area contributed by atoms with Crippen LogP contribution in [0.15, 0.2) is 21.2 Å². The molecule has 110 valence electrons. The maximum Gasteiger partial charge on any atom is 0.101 e. The van der Waals surface area contributed by atoms with Gasteiger partial charge in [-0.25, -0.2) is 0 Å². The molecule has 1 N–H and O–H groups in total. The molecule has 2 heterocycles. The monoisotopic (exact) mass is 339 g/mol. The molecule has 0 aliphatic carbocycles. The smallest absolute Gasteiger partial charge is 0.101 e. The third-order valence-electron chi connectivity index (χ3n) is 3.50. The predicted octanol–water partition coefficient (Wildman–Crippen LogP) is 3.54. The van der Waals surface area contributed by atoms with Gasteiger partial charge in [0.1, 0.15) is 5.76 Å². The molecule has 1 unspecified atom stereocenters. The molecule has 1 atom stereocenters. The van der Waals surface area contributed by atoms with Gasteiger partial charge in [0, 0.05) is 25.1 Å². The summed E-state index contributed by atoms with van der Waals surface area (Å²) >= 11 is 3.69. The highest BCUT2D eigenvalue weighted by atomic mass is 79.9. The van der Waals surface area contributed by atoms with Crippen molar-refractivity contribution in [2.24, 2.45) is 7.05 Å². The number of likely N-dealkylation sites (N-methyl/N-ethyl adjacent to an activating group) is 1. The summed E-state index contributed by atoms with van der Waals surface area (Å²) in [4.78, 5) is 0. The molecule has 2 rings (SSSR count). The van der Waals surface area contributed by atoms with Gasteiger partial charge >= 0.3 is 0 Å². The van der Waals surface area contributed by atoms with Crippen molar-refractivity contribution in [2.75, 3.05) is 6.54 Å². The van der Waals surface area contributed by atoms with E-state index in [4.69, 9.17) is 4.42 Å². The Bertz CT molecular complexity index is 574. The van der Waals surface area contributed by atoms with E-state index >= 15 is 0 Å². The molecule has 2 aromatic heterocycles. The summed E-state index contributed by atoms with van der Waals surface area (Å²) in [6.45, 7) is 7.14. The number of aryl methyl sites for hydroxylation is 3. The SMILES string of the molecule is CCNC(Cc1c(Br)c(CC)nn1C)c1coc(C)c1. The second kappa shape index (κ2) is 6.59. The van der Waals surface area contributed by atoms with Crippen LogP contribution in [0, 0.1) is 6.92 Å². The van der Waals surface area contributed by atoms with Crippen molar-refractivity contribution in [2.45, 2.75) is 39.7 Å². The summed E-state index contributed by atoms with van der Waals surface area (Å²) in [5.74, 6) is 0.946. The first-order chi connectivity index (χ1) is 9.56. The van der Waals surface area contributed by atoms with E-state index in [0.29, 0.717) is 0 Å². The Morgan fingerprint density at radius 2 is 2.20 bits per heavy atom. The highest BCUT2D eigenvalue weighted by Gasteiger charge is 2.19. The number of hydrogen-bond acceptors (Lipinski definition) is 3. The lowest BCUT2D eigenvalue weighted by Gasteiger charge is -2.16. The summed E-state index contributed by atoms with van der Waals surface area (Å²) in [6, 6.07) is 2.34. The van der Waals surface area contributed by atoms with E-state index in [1.54, 1.807) is 0 Å². The maximum atomic E-state index is 5.44. The first-order valence-corrected chi connectivity index (χ1v) is 7.84. The minimum atomic E-state index is 0.244. The number of rotatable bonds is 6. The number of nitrogens with one attached hydrogen (secondary N) is 1. The molecule has 2 aromatic rings. The van der Waals surface area contributed by atoms with E-state index in [2.05, 4.69) is 46.3 Å². The highest BCUT2D eigenvalue weighted by Crippen LogP contribution is 2.27. The summed E-state index contributed by atoms with van der Waals surface area (Å²) in [6.07, 6.45) is 3.66. The van der Waals surface area contributed by atoms with Crippen LogP contribution in [0.25, 0.3) is 0 Å². The van der Waals surface area contributed by atoms with Crippen molar-refractivity contribution < 1.29 is 4.42 Å². The quantitative estimate of drug-likeness (QED) is 0.875. The van der Waals surface area contributed by atoms with Gasteiger partial charge in [0.25, 0.3) is 0 Å². The lowest BCUT2D eigenvalue weighted by molar-refractivity contribution is 0.503. The molecule has 0 aromatic carbocycles. The van der Waals surface area contributed by atoms with Crippen LogP contribution >= 0.6 is 15.9 Å². The van der Waals surface area contributed by atoms with E-state index in [-0.39, 0.29) is 6.04 Å². The van der Waals surface area contributed by atoms with Crippen LogP contribution in [0.1, 0.15) is 42.6 Å².